The minimum atomic E-state index is -0.335. The topological polar surface area (TPSA) is 50.5 Å². The van der Waals surface area contributed by atoms with Crippen LogP contribution >= 0.6 is 0 Å². The maximum absolute atomic E-state index is 14.9. The molecule has 0 aliphatic carbocycles. The number of rotatable bonds is 8. The summed E-state index contributed by atoms with van der Waals surface area (Å²) in [7, 11) is 1.54. The summed E-state index contributed by atoms with van der Waals surface area (Å²) < 4.78 is 21.9. The van der Waals surface area contributed by atoms with Gasteiger partial charge >= 0.3 is 0 Å². The molecule has 2 heterocycles. The van der Waals surface area contributed by atoms with Crippen LogP contribution in [0.1, 0.15) is 31.2 Å². The zero-order valence-corrected chi connectivity index (χ0v) is 18.0. The van der Waals surface area contributed by atoms with Crippen molar-refractivity contribution in [3.8, 4) is 22.7 Å². The summed E-state index contributed by atoms with van der Waals surface area (Å²) in [5.74, 6) is 0.762. The Morgan fingerprint density at radius 3 is 2.77 bits per heavy atom. The van der Waals surface area contributed by atoms with E-state index in [1.165, 1.54) is 19.6 Å². The quantitative estimate of drug-likeness (QED) is 0.572. The highest BCUT2D eigenvalue weighted by Crippen LogP contribution is 2.31. The molecule has 0 spiro atoms. The van der Waals surface area contributed by atoms with Crippen molar-refractivity contribution in [2.24, 2.45) is 5.92 Å². The number of ether oxygens (including phenoxy) is 1. The molecule has 4 rings (SSSR count). The van der Waals surface area contributed by atoms with Gasteiger partial charge in [-0.3, -0.25) is 4.90 Å². The average Bonchev–Trinajstić information content (AvgIpc) is 3.21. The van der Waals surface area contributed by atoms with Gasteiger partial charge in [-0.15, -0.1) is 0 Å². The summed E-state index contributed by atoms with van der Waals surface area (Å²) in [6, 6.07) is 14.8. The standard InChI is InChI=1S/C25H30FN3O2/c1-31-22-11-12-23(24(26)15-22)25-20(18-29(27-25)21-9-3-2-4-10-21)17-28-13-5-7-19(16-28)8-6-14-30/h2-4,9-12,15,18-19,30H,5-8,13-14,16-17H2,1H3/t19-/m0/s1. The molecule has 164 valence electrons. The number of piperidine rings is 1. The summed E-state index contributed by atoms with van der Waals surface area (Å²) >= 11 is 0. The summed E-state index contributed by atoms with van der Waals surface area (Å²) in [4.78, 5) is 2.43. The number of methoxy groups -OCH3 is 1. The van der Waals surface area contributed by atoms with Gasteiger partial charge in [0.05, 0.1) is 12.8 Å². The van der Waals surface area contributed by atoms with Crippen LogP contribution in [0.4, 0.5) is 4.39 Å². The van der Waals surface area contributed by atoms with E-state index in [1.807, 2.05) is 41.2 Å². The molecule has 1 atom stereocenters. The highest BCUT2D eigenvalue weighted by molar-refractivity contribution is 5.65. The van der Waals surface area contributed by atoms with E-state index < -0.39 is 0 Å². The second kappa shape index (κ2) is 10.1. The smallest absolute Gasteiger partial charge is 0.136 e. The van der Waals surface area contributed by atoms with Gasteiger partial charge in [0.2, 0.25) is 0 Å². The predicted octanol–water partition coefficient (Wildman–Crippen LogP) is 4.67. The summed E-state index contributed by atoms with van der Waals surface area (Å²) in [6.07, 6.45) is 6.28. The SMILES string of the molecule is COc1ccc(-c2nn(-c3ccccc3)cc2CN2CCC[C@@H](CCCO)C2)c(F)c1. The van der Waals surface area contributed by atoms with Gasteiger partial charge in [-0.2, -0.15) is 5.10 Å². The number of para-hydroxylation sites is 1. The first-order chi connectivity index (χ1) is 15.2. The van der Waals surface area contributed by atoms with E-state index in [-0.39, 0.29) is 12.4 Å². The molecule has 0 amide bonds. The van der Waals surface area contributed by atoms with Crippen molar-refractivity contribution in [3.63, 3.8) is 0 Å². The fourth-order valence-corrected chi connectivity index (χ4v) is 4.43. The van der Waals surface area contributed by atoms with Crippen molar-refractivity contribution in [2.45, 2.75) is 32.2 Å². The van der Waals surface area contributed by atoms with Crippen LogP contribution in [0.5, 0.6) is 5.75 Å². The predicted molar refractivity (Wildman–Crippen MR) is 120 cm³/mol. The highest BCUT2D eigenvalue weighted by atomic mass is 19.1. The van der Waals surface area contributed by atoms with E-state index >= 15 is 0 Å². The number of nitrogens with zero attached hydrogens (tertiary/aromatic N) is 3. The molecule has 0 bridgehead atoms. The van der Waals surface area contributed by atoms with Gasteiger partial charge in [0, 0.05) is 43.1 Å². The maximum atomic E-state index is 14.9. The Morgan fingerprint density at radius 2 is 2.03 bits per heavy atom. The zero-order valence-electron chi connectivity index (χ0n) is 18.0. The van der Waals surface area contributed by atoms with Crippen molar-refractivity contribution in [3.05, 3.63) is 66.1 Å². The van der Waals surface area contributed by atoms with E-state index in [0.717, 1.165) is 50.1 Å². The lowest BCUT2D eigenvalue weighted by Gasteiger charge is -2.32. The van der Waals surface area contributed by atoms with Crippen LogP contribution in [0.15, 0.2) is 54.7 Å². The van der Waals surface area contributed by atoms with E-state index in [1.54, 1.807) is 12.1 Å². The fourth-order valence-electron chi connectivity index (χ4n) is 4.43. The van der Waals surface area contributed by atoms with Crippen LogP contribution in [0.25, 0.3) is 16.9 Å². The Hall–Kier alpha value is -2.70. The number of aliphatic hydroxyl groups excluding tert-OH is 1. The lowest BCUT2D eigenvalue weighted by molar-refractivity contribution is 0.153. The van der Waals surface area contributed by atoms with Gasteiger partial charge in [-0.1, -0.05) is 18.2 Å². The van der Waals surface area contributed by atoms with Crippen LogP contribution in [-0.4, -0.2) is 46.6 Å². The Morgan fingerprint density at radius 1 is 1.19 bits per heavy atom. The van der Waals surface area contributed by atoms with Crippen molar-refractivity contribution in [2.75, 3.05) is 26.8 Å². The van der Waals surface area contributed by atoms with Crippen LogP contribution < -0.4 is 4.74 Å². The molecular weight excluding hydrogens is 393 g/mol. The summed E-state index contributed by atoms with van der Waals surface area (Å²) in [5.41, 5.74) is 3.11. The molecule has 3 aromatic rings. The van der Waals surface area contributed by atoms with Gasteiger partial charge in [-0.05, 0) is 62.4 Å². The molecule has 0 unspecified atom stereocenters. The van der Waals surface area contributed by atoms with Crippen molar-refractivity contribution in [1.82, 2.24) is 14.7 Å². The number of hydrogen-bond acceptors (Lipinski definition) is 4. The first kappa shape index (κ1) is 21.5. The molecule has 1 aliphatic rings. The normalized spacial score (nSPS) is 17.1. The number of benzene rings is 2. The van der Waals surface area contributed by atoms with Gasteiger partial charge < -0.3 is 9.84 Å². The van der Waals surface area contributed by atoms with Gasteiger partial charge in [0.25, 0.3) is 0 Å². The second-order valence-electron chi connectivity index (χ2n) is 8.24. The molecule has 1 aromatic heterocycles. The molecular formula is C25H30FN3O2. The van der Waals surface area contributed by atoms with Crippen LogP contribution in [-0.2, 0) is 6.54 Å². The Kier molecular flexibility index (Phi) is 6.99. The third-order valence-corrected chi connectivity index (χ3v) is 6.01. The van der Waals surface area contributed by atoms with E-state index in [0.29, 0.717) is 22.9 Å². The largest absolute Gasteiger partial charge is 0.497 e. The van der Waals surface area contributed by atoms with Gasteiger partial charge in [0.15, 0.2) is 0 Å². The Bertz CT molecular complexity index is 990. The molecule has 0 saturated carbocycles. The Labute approximate surface area is 183 Å². The summed E-state index contributed by atoms with van der Waals surface area (Å²) in [5, 5.41) is 13.9. The zero-order chi connectivity index (χ0) is 21.6. The van der Waals surface area contributed by atoms with Gasteiger partial charge in [-0.25, -0.2) is 9.07 Å². The molecule has 5 nitrogen and oxygen atoms in total. The fraction of sp³-hybridized carbons (Fsp3) is 0.400. The van der Waals surface area contributed by atoms with Crippen molar-refractivity contribution in [1.29, 1.82) is 0 Å². The molecule has 31 heavy (non-hydrogen) atoms. The molecule has 1 N–H and O–H groups in total. The number of aromatic nitrogens is 2. The van der Waals surface area contributed by atoms with Gasteiger partial charge in [0.1, 0.15) is 17.3 Å². The minimum absolute atomic E-state index is 0.251. The lowest BCUT2D eigenvalue weighted by Crippen LogP contribution is -2.35. The minimum Gasteiger partial charge on any atom is -0.497 e. The van der Waals surface area contributed by atoms with Crippen LogP contribution in [0, 0.1) is 11.7 Å². The first-order valence-corrected chi connectivity index (χ1v) is 11.0. The van der Waals surface area contributed by atoms with E-state index in [9.17, 15) is 4.39 Å². The Balaban J connectivity index is 1.65. The van der Waals surface area contributed by atoms with E-state index in [2.05, 4.69) is 4.90 Å². The monoisotopic (exact) mass is 423 g/mol. The third kappa shape index (κ3) is 5.14. The maximum Gasteiger partial charge on any atom is 0.136 e. The number of hydrogen-bond donors (Lipinski definition) is 1. The first-order valence-electron chi connectivity index (χ1n) is 11.0. The molecule has 0 radical (unpaired) electrons. The van der Waals surface area contributed by atoms with Crippen molar-refractivity contribution >= 4 is 0 Å². The van der Waals surface area contributed by atoms with Crippen molar-refractivity contribution < 1.29 is 14.2 Å². The molecule has 2 aromatic carbocycles. The second-order valence-corrected chi connectivity index (χ2v) is 8.24. The van der Waals surface area contributed by atoms with Crippen LogP contribution in [0.2, 0.25) is 0 Å². The molecule has 1 aliphatic heterocycles. The third-order valence-electron chi connectivity index (χ3n) is 6.01. The molecule has 1 fully saturated rings. The van der Waals surface area contributed by atoms with E-state index in [4.69, 9.17) is 14.9 Å². The average molecular weight is 424 g/mol. The molecule has 6 heteroatoms. The number of halogens is 1. The number of likely N-dealkylation sites (tertiary alicyclic amines) is 1. The number of aliphatic hydroxyl groups is 1. The van der Waals surface area contributed by atoms with Crippen LogP contribution in [0.3, 0.4) is 0 Å². The lowest BCUT2D eigenvalue weighted by atomic mass is 9.93. The summed E-state index contributed by atoms with van der Waals surface area (Å²) in [6.45, 7) is 3.00. The molecule has 1 saturated heterocycles. The highest BCUT2D eigenvalue weighted by Gasteiger charge is 2.23.